The molecular formula is C28H33N3O3. The monoisotopic (exact) mass is 459 g/mol. The highest BCUT2D eigenvalue weighted by Crippen LogP contribution is 2.33. The molecule has 0 unspecified atom stereocenters. The molecule has 2 aromatic rings. The number of aromatic nitrogens is 2. The molecule has 0 bridgehead atoms. The Morgan fingerprint density at radius 2 is 1.94 bits per heavy atom. The van der Waals surface area contributed by atoms with E-state index in [9.17, 15) is 9.59 Å². The van der Waals surface area contributed by atoms with Crippen LogP contribution in [0.5, 0.6) is 0 Å². The van der Waals surface area contributed by atoms with Crippen LogP contribution in [0.15, 0.2) is 36.2 Å². The van der Waals surface area contributed by atoms with E-state index in [1.807, 2.05) is 12.4 Å². The minimum Gasteiger partial charge on any atom is -0.443 e. The second-order valence-electron chi connectivity index (χ2n) is 10.5. The second kappa shape index (κ2) is 8.90. The number of imide groups is 1. The van der Waals surface area contributed by atoms with Gasteiger partial charge in [0.1, 0.15) is 11.9 Å². The third kappa shape index (κ3) is 4.46. The van der Waals surface area contributed by atoms with E-state index in [-0.39, 0.29) is 5.91 Å². The average molecular weight is 460 g/mol. The minimum absolute atomic E-state index is 0.274. The Morgan fingerprint density at radius 1 is 1.09 bits per heavy atom. The lowest BCUT2D eigenvalue weighted by Gasteiger charge is -2.29. The third-order valence-corrected chi connectivity index (χ3v) is 6.80. The van der Waals surface area contributed by atoms with Crippen molar-refractivity contribution in [3.63, 3.8) is 0 Å². The number of aryl methyl sites for hydroxylation is 1. The van der Waals surface area contributed by atoms with Gasteiger partial charge in [-0.05, 0) is 107 Å². The number of imidazole rings is 1. The summed E-state index contributed by atoms with van der Waals surface area (Å²) in [6.45, 7) is 5.81. The first kappa shape index (κ1) is 22.6. The highest BCUT2D eigenvalue weighted by molar-refractivity contribution is 6.05. The van der Waals surface area contributed by atoms with Crippen LogP contribution >= 0.6 is 0 Å². The predicted octanol–water partition coefficient (Wildman–Crippen LogP) is 5.87. The van der Waals surface area contributed by atoms with E-state index in [1.165, 1.54) is 53.0 Å². The Kier molecular flexibility index (Phi) is 5.92. The number of carbonyl (C=O) groups excluding carboxylic acids is 2. The van der Waals surface area contributed by atoms with Gasteiger partial charge in [-0.15, -0.1) is 0 Å². The van der Waals surface area contributed by atoms with Crippen LogP contribution in [-0.2, 0) is 22.4 Å². The molecule has 6 heteroatoms. The minimum atomic E-state index is -0.636. The second-order valence-corrected chi connectivity index (χ2v) is 10.5. The zero-order valence-electron chi connectivity index (χ0n) is 20.4. The summed E-state index contributed by atoms with van der Waals surface area (Å²) >= 11 is 0. The molecule has 6 nitrogen and oxygen atoms in total. The first-order valence-corrected chi connectivity index (χ1v) is 12.4. The number of amides is 2. The molecule has 1 aromatic heterocycles. The first-order chi connectivity index (χ1) is 16.3. The van der Waals surface area contributed by atoms with E-state index in [2.05, 4.69) is 33.8 Å². The van der Waals surface area contributed by atoms with Crippen LogP contribution in [0.1, 0.15) is 81.8 Å². The predicted molar refractivity (Wildman–Crippen MR) is 133 cm³/mol. The summed E-state index contributed by atoms with van der Waals surface area (Å²) in [7, 11) is 0. The molecule has 3 aliphatic rings. The van der Waals surface area contributed by atoms with Gasteiger partial charge in [0.05, 0.1) is 17.1 Å². The molecule has 1 aromatic carbocycles. The van der Waals surface area contributed by atoms with Crippen molar-refractivity contribution >= 4 is 23.6 Å². The number of rotatable bonds is 2. The zero-order chi connectivity index (χ0) is 23.9. The van der Waals surface area contributed by atoms with Crippen molar-refractivity contribution in [2.75, 3.05) is 6.54 Å². The van der Waals surface area contributed by atoms with E-state index in [0.29, 0.717) is 18.5 Å². The van der Waals surface area contributed by atoms with E-state index < -0.39 is 11.7 Å². The Morgan fingerprint density at radius 3 is 2.71 bits per heavy atom. The molecule has 3 heterocycles. The topological polar surface area (TPSA) is 64.4 Å². The van der Waals surface area contributed by atoms with E-state index in [0.717, 1.165) is 30.7 Å². The number of ether oxygens (including phenoxy) is 1. The molecule has 1 fully saturated rings. The maximum atomic E-state index is 13.1. The Bertz CT molecular complexity index is 1200. The quantitative estimate of drug-likeness (QED) is 0.527. The van der Waals surface area contributed by atoms with Crippen molar-refractivity contribution < 1.29 is 14.3 Å². The fraction of sp³-hybridized carbons (Fsp3) is 0.464. The molecule has 0 saturated carbocycles. The number of likely N-dealkylation sites (tertiary alicyclic amines) is 1. The Balaban J connectivity index is 1.40. The maximum absolute atomic E-state index is 13.1. The van der Waals surface area contributed by atoms with Gasteiger partial charge in [-0.1, -0.05) is 12.1 Å². The zero-order valence-corrected chi connectivity index (χ0v) is 20.4. The number of piperidine rings is 1. The van der Waals surface area contributed by atoms with Gasteiger partial charge in [0.2, 0.25) is 0 Å². The van der Waals surface area contributed by atoms with E-state index in [4.69, 9.17) is 4.74 Å². The molecule has 0 radical (unpaired) electrons. The lowest BCUT2D eigenvalue weighted by Crippen LogP contribution is -2.44. The summed E-state index contributed by atoms with van der Waals surface area (Å²) in [6, 6.07) is 6.78. The summed E-state index contributed by atoms with van der Waals surface area (Å²) in [5, 5.41) is 0. The number of allylic oxidation sites excluding steroid dienone is 2. The van der Waals surface area contributed by atoms with Gasteiger partial charge < -0.3 is 9.30 Å². The van der Waals surface area contributed by atoms with Crippen molar-refractivity contribution in [1.82, 2.24) is 14.5 Å². The van der Waals surface area contributed by atoms with Crippen LogP contribution in [0.3, 0.4) is 0 Å². The van der Waals surface area contributed by atoms with Gasteiger partial charge in [-0.2, -0.15) is 0 Å². The number of hydrogen-bond donors (Lipinski definition) is 0. The smallest absolute Gasteiger partial charge is 0.417 e. The largest absolute Gasteiger partial charge is 0.443 e. The fourth-order valence-electron chi connectivity index (χ4n) is 5.14. The van der Waals surface area contributed by atoms with Gasteiger partial charge in [-0.3, -0.25) is 4.79 Å². The SMILES string of the molecule is CC(C)(C)OC(=O)N1CCC/C(=C\c2ncn3c2CCc2cc(C4=CCCCC4)ccc2-3)C1=O. The van der Waals surface area contributed by atoms with Gasteiger partial charge in [0, 0.05) is 12.1 Å². The molecule has 1 saturated heterocycles. The Labute approximate surface area is 201 Å². The summed E-state index contributed by atoms with van der Waals surface area (Å²) in [4.78, 5) is 31.4. The third-order valence-electron chi connectivity index (χ3n) is 6.80. The van der Waals surface area contributed by atoms with Crippen LogP contribution in [0.25, 0.3) is 17.3 Å². The molecule has 0 N–H and O–H groups in total. The van der Waals surface area contributed by atoms with Gasteiger partial charge in [0.15, 0.2) is 0 Å². The van der Waals surface area contributed by atoms with Crippen molar-refractivity contribution in [2.45, 2.75) is 77.7 Å². The Hall–Kier alpha value is -3.15. The van der Waals surface area contributed by atoms with Gasteiger partial charge in [-0.25, -0.2) is 14.7 Å². The molecule has 178 valence electrons. The van der Waals surface area contributed by atoms with Crippen molar-refractivity contribution in [1.29, 1.82) is 0 Å². The van der Waals surface area contributed by atoms with Crippen molar-refractivity contribution in [3.05, 3.63) is 58.7 Å². The average Bonchev–Trinajstić information content (AvgIpc) is 3.22. The molecule has 5 rings (SSSR count). The number of fused-ring (bicyclic) bond motifs is 3. The van der Waals surface area contributed by atoms with Crippen LogP contribution in [0.4, 0.5) is 4.79 Å². The molecule has 0 spiro atoms. The van der Waals surface area contributed by atoms with E-state index in [1.54, 1.807) is 20.8 Å². The molecule has 2 aliphatic heterocycles. The molecule has 1 aliphatic carbocycles. The summed E-state index contributed by atoms with van der Waals surface area (Å²) in [6.07, 6.45) is 13.7. The van der Waals surface area contributed by atoms with Crippen molar-refractivity contribution in [2.24, 2.45) is 0 Å². The first-order valence-electron chi connectivity index (χ1n) is 12.4. The highest BCUT2D eigenvalue weighted by atomic mass is 16.6. The van der Waals surface area contributed by atoms with Gasteiger partial charge >= 0.3 is 6.09 Å². The molecule has 34 heavy (non-hydrogen) atoms. The van der Waals surface area contributed by atoms with E-state index >= 15 is 0 Å². The number of nitrogens with zero attached hydrogens (tertiary/aromatic N) is 3. The van der Waals surface area contributed by atoms with Crippen LogP contribution in [-0.4, -0.2) is 38.6 Å². The normalized spacial score (nSPS) is 19.5. The fourth-order valence-corrected chi connectivity index (χ4v) is 5.14. The van der Waals surface area contributed by atoms with Crippen LogP contribution in [0.2, 0.25) is 0 Å². The summed E-state index contributed by atoms with van der Waals surface area (Å²) in [5.74, 6) is -0.274. The highest BCUT2D eigenvalue weighted by Gasteiger charge is 2.32. The lowest BCUT2D eigenvalue weighted by atomic mass is 9.90. The van der Waals surface area contributed by atoms with Crippen molar-refractivity contribution in [3.8, 4) is 5.69 Å². The molecule has 2 amide bonds. The summed E-state index contributed by atoms with van der Waals surface area (Å²) in [5.41, 5.74) is 7.25. The number of hydrogen-bond acceptors (Lipinski definition) is 4. The van der Waals surface area contributed by atoms with Crippen LogP contribution < -0.4 is 0 Å². The van der Waals surface area contributed by atoms with Gasteiger partial charge in [0.25, 0.3) is 5.91 Å². The lowest BCUT2D eigenvalue weighted by molar-refractivity contribution is -0.127. The number of benzene rings is 1. The summed E-state index contributed by atoms with van der Waals surface area (Å²) < 4.78 is 7.59. The standard InChI is InChI=1S/C28H33N3O3/c1-28(2,3)34-27(33)30-15-7-10-22(26(30)32)17-23-25-14-12-21-16-20(19-8-5-4-6-9-19)11-13-24(21)31(25)18-29-23/h8,11,13,16-18H,4-7,9-10,12,14-15H2,1-3H3/b22-17+. The molecular weight excluding hydrogens is 426 g/mol. The number of carbonyl (C=O) groups is 2. The maximum Gasteiger partial charge on any atom is 0.417 e. The molecule has 0 atom stereocenters. The van der Waals surface area contributed by atoms with Crippen LogP contribution in [0, 0.1) is 0 Å².